The van der Waals surface area contributed by atoms with Crippen LogP contribution >= 0.6 is 0 Å². The summed E-state index contributed by atoms with van der Waals surface area (Å²) < 4.78 is 5.11. The van der Waals surface area contributed by atoms with E-state index in [0.717, 1.165) is 16.8 Å². The number of hydrogen-bond acceptors (Lipinski definition) is 4. The number of phenolic OH excluding ortho intramolecular Hbond substituents is 1. The van der Waals surface area contributed by atoms with Gasteiger partial charge in [0.2, 0.25) is 0 Å². The van der Waals surface area contributed by atoms with E-state index in [2.05, 4.69) is 10.3 Å². The minimum absolute atomic E-state index is 0.0955. The maximum Gasteiger partial charge on any atom is 0.160 e. The van der Waals surface area contributed by atoms with Crippen molar-refractivity contribution in [1.82, 2.24) is 4.98 Å². The zero-order valence-electron chi connectivity index (χ0n) is 11.3. The summed E-state index contributed by atoms with van der Waals surface area (Å²) in [5.74, 6) is 0.629. The molecule has 1 unspecified atom stereocenters. The first-order chi connectivity index (χ1) is 9.10. The number of methoxy groups -OCH3 is 1. The Morgan fingerprint density at radius 3 is 2.74 bits per heavy atom. The smallest absolute Gasteiger partial charge is 0.160 e. The van der Waals surface area contributed by atoms with Gasteiger partial charge in [0.05, 0.1) is 12.8 Å². The van der Waals surface area contributed by atoms with Crippen LogP contribution in [0, 0.1) is 6.92 Å². The predicted molar refractivity (Wildman–Crippen MR) is 75.7 cm³/mol. The SMILES string of the molecule is COc1cc(C(C)Nc2cncc(C)c2)ccc1O. The molecule has 100 valence electrons. The first-order valence-electron chi connectivity index (χ1n) is 6.15. The van der Waals surface area contributed by atoms with Crippen LogP contribution in [0.15, 0.2) is 36.7 Å². The molecule has 1 heterocycles. The Bertz CT molecular complexity index is 570. The molecule has 0 saturated carbocycles. The van der Waals surface area contributed by atoms with Gasteiger partial charge in [0.25, 0.3) is 0 Å². The van der Waals surface area contributed by atoms with Gasteiger partial charge in [-0.2, -0.15) is 0 Å². The van der Waals surface area contributed by atoms with Crippen LogP contribution in [0.3, 0.4) is 0 Å². The second-order valence-electron chi connectivity index (χ2n) is 4.55. The molecular weight excluding hydrogens is 240 g/mol. The number of hydrogen-bond donors (Lipinski definition) is 2. The average Bonchev–Trinajstić information content (AvgIpc) is 2.39. The monoisotopic (exact) mass is 258 g/mol. The van der Waals surface area contributed by atoms with Crippen LogP contribution in [0.25, 0.3) is 0 Å². The average molecular weight is 258 g/mol. The molecule has 0 amide bonds. The lowest BCUT2D eigenvalue weighted by Gasteiger charge is -2.17. The summed E-state index contributed by atoms with van der Waals surface area (Å²) in [6, 6.07) is 7.48. The zero-order chi connectivity index (χ0) is 13.8. The number of aromatic hydroxyl groups is 1. The quantitative estimate of drug-likeness (QED) is 0.883. The largest absolute Gasteiger partial charge is 0.504 e. The molecule has 2 N–H and O–H groups in total. The maximum atomic E-state index is 9.59. The van der Waals surface area contributed by atoms with Crippen molar-refractivity contribution in [2.24, 2.45) is 0 Å². The van der Waals surface area contributed by atoms with Crippen molar-refractivity contribution < 1.29 is 9.84 Å². The molecule has 2 rings (SSSR count). The summed E-state index contributed by atoms with van der Waals surface area (Å²) in [4.78, 5) is 4.15. The molecule has 19 heavy (non-hydrogen) atoms. The van der Waals surface area contributed by atoms with Crippen molar-refractivity contribution in [2.45, 2.75) is 19.9 Å². The fourth-order valence-electron chi connectivity index (χ4n) is 1.93. The molecule has 1 aromatic heterocycles. The van der Waals surface area contributed by atoms with Gasteiger partial charge in [-0.15, -0.1) is 0 Å². The number of nitrogens with zero attached hydrogens (tertiary/aromatic N) is 1. The summed E-state index contributed by atoms with van der Waals surface area (Å²) in [6.07, 6.45) is 3.61. The predicted octanol–water partition coefficient (Wildman–Crippen LogP) is 3.28. The number of nitrogens with one attached hydrogen (secondary N) is 1. The van der Waals surface area contributed by atoms with E-state index < -0.39 is 0 Å². The molecule has 0 spiro atoms. The van der Waals surface area contributed by atoms with Gasteiger partial charge in [-0.05, 0) is 43.2 Å². The Labute approximate surface area is 113 Å². The molecule has 0 aliphatic carbocycles. The highest BCUT2D eigenvalue weighted by Gasteiger charge is 2.09. The Hall–Kier alpha value is -2.23. The summed E-state index contributed by atoms with van der Waals surface area (Å²) >= 11 is 0. The number of rotatable bonds is 4. The highest BCUT2D eigenvalue weighted by atomic mass is 16.5. The van der Waals surface area contributed by atoms with E-state index in [1.807, 2.05) is 38.2 Å². The Morgan fingerprint density at radius 1 is 1.26 bits per heavy atom. The lowest BCUT2D eigenvalue weighted by atomic mass is 10.1. The maximum absolute atomic E-state index is 9.59. The van der Waals surface area contributed by atoms with E-state index in [-0.39, 0.29) is 11.8 Å². The van der Waals surface area contributed by atoms with Crippen LogP contribution in [0.1, 0.15) is 24.1 Å². The second kappa shape index (κ2) is 5.61. The molecule has 0 aliphatic rings. The lowest BCUT2D eigenvalue weighted by molar-refractivity contribution is 0.373. The van der Waals surface area contributed by atoms with Gasteiger partial charge in [0.15, 0.2) is 11.5 Å². The van der Waals surface area contributed by atoms with Crippen LogP contribution in [0.5, 0.6) is 11.5 Å². The third-order valence-electron chi connectivity index (χ3n) is 2.96. The van der Waals surface area contributed by atoms with Crippen LogP contribution in [0.2, 0.25) is 0 Å². The van der Waals surface area contributed by atoms with Crippen LogP contribution in [-0.4, -0.2) is 17.2 Å². The number of pyridine rings is 1. The topological polar surface area (TPSA) is 54.4 Å². The van der Waals surface area contributed by atoms with Crippen molar-refractivity contribution in [3.8, 4) is 11.5 Å². The van der Waals surface area contributed by atoms with Crippen molar-refractivity contribution in [3.63, 3.8) is 0 Å². The molecule has 0 bridgehead atoms. The Morgan fingerprint density at radius 2 is 2.05 bits per heavy atom. The number of anilines is 1. The summed E-state index contributed by atoms with van der Waals surface area (Å²) in [5.41, 5.74) is 3.12. The van der Waals surface area contributed by atoms with Crippen molar-refractivity contribution in [1.29, 1.82) is 0 Å². The van der Waals surface area contributed by atoms with Gasteiger partial charge in [-0.25, -0.2) is 0 Å². The van der Waals surface area contributed by atoms with Crippen LogP contribution in [0.4, 0.5) is 5.69 Å². The lowest BCUT2D eigenvalue weighted by Crippen LogP contribution is -2.07. The summed E-state index contributed by atoms with van der Waals surface area (Å²) in [5, 5.41) is 13.0. The molecule has 1 atom stereocenters. The number of aryl methyl sites for hydroxylation is 1. The molecule has 2 aromatic rings. The van der Waals surface area contributed by atoms with E-state index in [0.29, 0.717) is 5.75 Å². The molecule has 0 fully saturated rings. The van der Waals surface area contributed by atoms with Gasteiger partial charge >= 0.3 is 0 Å². The summed E-state index contributed by atoms with van der Waals surface area (Å²) in [6.45, 7) is 4.06. The minimum atomic E-state index is 0.0955. The molecule has 4 nitrogen and oxygen atoms in total. The second-order valence-corrected chi connectivity index (χ2v) is 4.55. The zero-order valence-corrected chi connectivity index (χ0v) is 11.3. The molecule has 0 aliphatic heterocycles. The fraction of sp³-hybridized carbons (Fsp3) is 0.267. The van der Waals surface area contributed by atoms with Crippen molar-refractivity contribution in [2.75, 3.05) is 12.4 Å². The van der Waals surface area contributed by atoms with Crippen molar-refractivity contribution >= 4 is 5.69 Å². The molecular formula is C15H18N2O2. The van der Waals surface area contributed by atoms with Gasteiger partial charge in [0.1, 0.15) is 0 Å². The van der Waals surface area contributed by atoms with E-state index in [9.17, 15) is 5.11 Å². The highest BCUT2D eigenvalue weighted by molar-refractivity contribution is 5.48. The van der Waals surface area contributed by atoms with Crippen LogP contribution < -0.4 is 10.1 Å². The third-order valence-corrected chi connectivity index (χ3v) is 2.96. The summed E-state index contributed by atoms with van der Waals surface area (Å²) in [7, 11) is 1.54. The van der Waals surface area contributed by atoms with E-state index >= 15 is 0 Å². The first kappa shape index (κ1) is 13.2. The highest BCUT2D eigenvalue weighted by Crippen LogP contribution is 2.30. The Balaban J connectivity index is 2.18. The minimum Gasteiger partial charge on any atom is -0.504 e. The number of phenols is 1. The van der Waals surface area contributed by atoms with Gasteiger partial charge < -0.3 is 15.2 Å². The third kappa shape index (κ3) is 3.16. The van der Waals surface area contributed by atoms with E-state index in [4.69, 9.17) is 4.74 Å². The Kier molecular flexibility index (Phi) is 3.90. The van der Waals surface area contributed by atoms with E-state index in [1.54, 1.807) is 19.4 Å². The fourth-order valence-corrected chi connectivity index (χ4v) is 1.93. The number of aromatic nitrogens is 1. The molecule has 4 heteroatoms. The molecule has 0 radical (unpaired) electrons. The van der Waals surface area contributed by atoms with E-state index in [1.165, 1.54) is 0 Å². The van der Waals surface area contributed by atoms with Gasteiger partial charge in [-0.3, -0.25) is 4.98 Å². The standard InChI is InChI=1S/C15H18N2O2/c1-10-6-13(9-16-8-10)17-11(2)12-4-5-14(18)15(7-12)19-3/h4-9,11,17-18H,1-3H3. The molecule has 0 saturated heterocycles. The van der Waals surface area contributed by atoms with Crippen LogP contribution in [-0.2, 0) is 0 Å². The normalized spacial score (nSPS) is 11.9. The van der Waals surface area contributed by atoms with Gasteiger partial charge in [0, 0.05) is 18.4 Å². The first-order valence-corrected chi connectivity index (χ1v) is 6.15. The number of ether oxygens (including phenoxy) is 1. The van der Waals surface area contributed by atoms with Gasteiger partial charge in [-0.1, -0.05) is 6.07 Å². The molecule has 1 aromatic carbocycles. The van der Waals surface area contributed by atoms with Crippen molar-refractivity contribution in [3.05, 3.63) is 47.8 Å². The number of benzene rings is 1.